The van der Waals surface area contributed by atoms with Crippen LogP contribution in [0.3, 0.4) is 0 Å². The summed E-state index contributed by atoms with van der Waals surface area (Å²) in [7, 11) is 0. The van der Waals surface area contributed by atoms with Crippen molar-refractivity contribution < 1.29 is 0 Å². The molecule has 4 aliphatic carbocycles. The first kappa shape index (κ1) is 50.2. The van der Waals surface area contributed by atoms with Gasteiger partial charge in [-0.25, -0.2) is 0 Å². The van der Waals surface area contributed by atoms with Crippen LogP contribution in [-0.2, 0) is 27.1 Å². The Labute approximate surface area is 485 Å². The third kappa shape index (κ3) is 7.11. The molecule has 0 heterocycles. The molecule has 0 amide bonds. The van der Waals surface area contributed by atoms with Crippen molar-refractivity contribution in [2.24, 2.45) is 0 Å². The zero-order valence-electron chi connectivity index (χ0n) is 49.0. The van der Waals surface area contributed by atoms with Crippen LogP contribution in [0.25, 0.3) is 77.9 Å². The Bertz CT molecular complexity index is 4400. The van der Waals surface area contributed by atoms with E-state index in [2.05, 4.69) is 311 Å². The highest BCUT2D eigenvalue weighted by Crippen LogP contribution is 2.64. The van der Waals surface area contributed by atoms with Crippen LogP contribution in [0.5, 0.6) is 0 Å². The molecule has 0 fully saturated rings. The van der Waals surface area contributed by atoms with Gasteiger partial charge in [-0.1, -0.05) is 269 Å². The lowest BCUT2D eigenvalue weighted by Crippen LogP contribution is -2.27. The third-order valence-electron chi connectivity index (χ3n) is 19.4. The second-order valence-corrected chi connectivity index (χ2v) is 26.8. The molecular weight excluding hydrogens is 987 g/mol. The van der Waals surface area contributed by atoms with E-state index in [0.29, 0.717) is 0 Å². The summed E-state index contributed by atoms with van der Waals surface area (Å²) in [5, 5.41) is 0. The minimum Gasteiger partial charge on any atom is -0.310 e. The molecule has 1 spiro atoms. The Balaban J connectivity index is 0.911. The Kier molecular flexibility index (Phi) is 10.8. The number of fused-ring (bicyclic) bond motifs is 16. The summed E-state index contributed by atoms with van der Waals surface area (Å²) in [6.07, 6.45) is 0. The average Bonchev–Trinajstić information content (AvgIpc) is 2.18. The molecule has 4 aliphatic rings. The first-order chi connectivity index (χ1) is 39.5. The molecule has 11 aromatic carbocycles. The van der Waals surface area contributed by atoms with E-state index >= 15 is 0 Å². The van der Waals surface area contributed by atoms with E-state index in [1.54, 1.807) is 0 Å². The summed E-state index contributed by atoms with van der Waals surface area (Å²) >= 11 is 0. The number of hydrogen-bond donors (Lipinski definition) is 0. The van der Waals surface area contributed by atoms with E-state index in [0.717, 1.165) is 17.1 Å². The summed E-state index contributed by atoms with van der Waals surface area (Å²) in [5.41, 5.74) is 34.2. The van der Waals surface area contributed by atoms with Gasteiger partial charge in [-0.3, -0.25) is 0 Å². The Hall–Kier alpha value is -8.78. The predicted octanol–water partition coefficient (Wildman–Crippen LogP) is 21.7. The monoisotopic (exact) mass is 1060 g/mol. The molecule has 0 saturated heterocycles. The average molecular weight is 1060 g/mol. The van der Waals surface area contributed by atoms with Crippen molar-refractivity contribution in [3.63, 3.8) is 0 Å². The lowest BCUT2D eigenvalue weighted by atomic mass is 9.68. The number of rotatable bonds is 6. The highest BCUT2D eigenvalue weighted by molar-refractivity contribution is 6.00. The zero-order chi connectivity index (χ0) is 56.2. The SMILES string of the molecule is CC(C)(C)c1ccc2c(c1)C1(c3ccccc3-c3ccc(-c4ccc(N(c5cccc(-c6cccc7c6C(C)(C)c6ccccc6-7)c5)c5ccccc5-c5cccc6c5-c5ccccc5C6(C)C)cc4)cc31)c1cc(C(C)(C)C)ccc1-2. The van der Waals surface area contributed by atoms with E-state index in [9.17, 15) is 0 Å². The Morgan fingerprint density at radius 1 is 0.280 bits per heavy atom. The fourth-order valence-electron chi connectivity index (χ4n) is 15.3. The quantitative estimate of drug-likeness (QED) is 0.160. The van der Waals surface area contributed by atoms with Gasteiger partial charge in [-0.15, -0.1) is 0 Å². The van der Waals surface area contributed by atoms with Crippen LogP contribution >= 0.6 is 0 Å². The predicted molar refractivity (Wildman–Crippen MR) is 346 cm³/mol. The number of anilines is 3. The van der Waals surface area contributed by atoms with Crippen LogP contribution in [0.15, 0.2) is 237 Å². The molecule has 0 unspecified atom stereocenters. The first-order valence-electron chi connectivity index (χ1n) is 29.6. The van der Waals surface area contributed by atoms with Gasteiger partial charge in [0.05, 0.1) is 11.1 Å². The maximum Gasteiger partial charge on any atom is 0.0725 e. The van der Waals surface area contributed by atoms with Gasteiger partial charge in [0.15, 0.2) is 0 Å². The van der Waals surface area contributed by atoms with Crippen molar-refractivity contribution in [2.45, 2.75) is 96.3 Å². The highest BCUT2D eigenvalue weighted by atomic mass is 15.1. The third-order valence-corrected chi connectivity index (χ3v) is 19.4. The number of hydrogen-bond acceptors (Lipinski definition) is 1. The van der Waals surface area contributed by atoms with E-state index in [-0.39, 0.29) is 21.7 Å². The molecule has 0 N–H and O–H groups in total. The van der Waals surface area contributed by atoms with Crippen molar-refractivity contribution in [1.82, 2.24) is 0 Å². The number of para-hydroxylation sites is 1. The number of benzene rings is 11. The van der Waals surface area contributed by atoms with E-state index in [4.69, 9.17) is 0 Å². The normalized spacial score (nSPS) is 15.0. The molecule has 398 valence electrons. The van der Waals surface area contributed by atoms with Gasteiger partial charge in [0, 0.05) is 27.8 Å². The first-order valence-corrected chi connectivity index (χ1v) is 29.6. The second-order valence-electron chi connectivity index (χ2n) is 26.8. The van der Waals surface area contributed by atoms with Crippen molar-refractivity contribution in [3.05, 3.63) is 292 Å². The fraction of sp³-hybridized carbons (Fsp3) is 0.185. The Morgan fingerprint density at radius 2 is 0.744 bits per heavy atom. The maximum atomic E-state index is 2.55. The van der Waals surface area contributed by atoms with Crippen LogP contribution < -0.4 is 4.90 Å². The van der Waals surface area contributed by atoms with Crippen molar-refractivity contribution in [2.75, 3.05) is 4.90 Å². The molecule has 0 aromatic heterocycles. The molecule has 1 nitrogen and oxygen atoms in total. The van der Waals surface area contributed by atoms with Gasteiger partial charge in [-0.05, 0) is 175 Å². The Morgan fingerprint density at radius 3 is 1.40 bits per heavy atom. The molecule has 0 radical (unpaired) electrons. The molecule has 0 aliphatic heterocycles. The van der Waals surface area contributed by atoms with Gasteiger partial charge in [-0.2, -0.15) is 0 Å². The van der Waals surface area contributed by atoms with E-state index in [1.807, 2.05) is 0 Å². The van der Waals surface area contributed by atoms with E-state index < -0.39 is 5.41 Å². The van der Waals surface area contributed by atoms with Crippen LogP contribution in [0.4, 0.5) is 17.1 Å². The second kappa shape index (κ2) is 17.6. The topological polar surface area (TPSA) is 3.24 Å². The zero-order valence-corrected chi connectivity index (χ0v) is 49.0. The molecule has 0 saturated carbocycles. The van der Waals surface area contributed by atoms with Crippen LogP contribution in [-0.4, -0.2) is 0 Å². The molecule has 0 atom stereocenters. The largest absolute Gasteiger partial charge is 0.310 e. The lowest BCUT2D eigenvalue weighted by Gasteiger charge is -2.33. The summed E-state index contributed by atoms with van der Waals surface area (Å²) in [6.45, 7) is 23.6. The lowest BCUT2D eigenvalue weighted by molar-refractivity contribution is 0.586. The standard InChI is InChI=1S/C81H69N/c1-77(2,3)53-39-44-61-62-45-40-54(78(4,5)6)49-73(62)81(72(61)48-53)69-33-17-12-24-58(69)60-43-38-51(47-71(60)81)50-36-41-55(42-37-50)82(56-23-19-22-52(46-56)57-28-20-30-65-59-25-11-15-31-67(59)80(9,10)76(57)65)74-35-18-14-26-63(74)64-29-21-34-70-75(64)66-27-13-16-32-68(66)79(70,7)8/h11-49H,1-10H3. The molecule has 0 bridgehead atoms. The molecule has 11 aromatic rings. The minimum atomic E-state index is -0.481. The minimum absolute atomic E-state index is 0.0175. The highest BCUT2D eigenvalue weighted by Gasteiger charge is 2.52. The maximum absolute atomic E-state index is 2.55. The summed E-state index contributed by atoms with van der Waals surface area (Å²) in [5.74, 6) is 0. The van der Waals surface area contributed by atoms with Gasteiger partial charge in [0.1, 0.15) is 0 Å². The van der Waals surface area contributed by atoms with Crippen LogP contribution in [0.2, 0.25) is 0 Å². The van der Waals surface area contributed by atoms with Gasteiger partial charge >= 0.3 is 0 Å². The van der Waals surface area contributed by atoms with Crippen LogP contribution in [0, 0.1) is 0 Å². The van der Waals surface area contributed by atoms with Crippen molar-refractivity contribution in [3.8, 4) is 77.9 Å². The van der Waals surface area contributed by atoms with E-state index in [1.165, 1.54) is 134 Å². The molecular formula is C81H69N. The van der Waals surface area contributed by atoms with Crippen LogP contribution in [0.1, 0.15) is 125 Å². The van der Waals surface area contributed by atoms with Gasteiger partial charge in [0.25, 0.3) is 0 Å². The van der Waals surface area contributed by atoms with Crippen molar-refractivity contribution in [1.29, 1.82) is 0 Å². The molecule has 1 heteroatoms. The van der Waals surface area contributed by atoms with Crippen molar-refractivity contribution >= 4 is 17.1 Å². The molecule has 82 heavy (non-hydrogen) atoms. The summed E-state index contributed by atoms with van der Waals surface area (Å²) < 4.78 is 0. The van der Waals surface area contributed by atoms with Gasteiger partial charge in [0.2, 0.25) is 0 Å². The molecule has 15 rings (SSSR count). The fourth-order valence-corrected chi connectivity index (χ4v) is 15.3. The smallest absolute Gasteiger partial charge is 0.0725 e. The van der Waals surface area contributed by atoms with Gasteiger partial charge < -0.3 is 4.90 Å². The summed E-state index contributed by atoms with van der Waals surface area (Å²) in [4.78, 5) is 2.51. The summed E-state index contributed by atoms with van der Waals surface area (Å²) in [6, 6.07) is 90.9. The number of nitrogens with zero attached hydrogens (tertiary/aromatic N) is 1.